The zero-order valence-electron chi connectivity index (χ0n) is 7.86. The maximum Gasteiger partial charge on any atom is 0.0717 e. The third-order valence-corrected chi connectivity index (χ3v) is 1.76. The molecule has 1 atom stereocenters. The van der Waals surface area contributed by atoms with Crippen LogP contribution in [-0.4, -0.2) is 6.61 Å². The number of hydrogen-bond acceptors (Lipinski definition) is 1. The molecule has 13 heavy (non-hydrogen) atoms. The van der Waals surface area contributed by atoms with E-state index in [1.807, 2.05) is 37.3 Å². The Morgan fingerprint density at radius 2 is 2.08 bits per heavy atom. The molecule has 0 N–H and O–H groups in total. The van der Waals surface area contributed by atoms with Gasteiger partial charge in [-0.3, -0.25) is 0 Å². The summed E-state index contributed by atoms with van der Waals surface area (Å²) in [6.07, 6.45) is 5.22. The van der Waals surface area contributed by atoms with E-state index in [0.29, 0.717) is 13.2 Å². The van der Waals surface area contributed by atoms with E-state index in [-0.39, 0.29) is 5.92 Å². The molecule has 0 aliphatic carbocycles. The van der Waals surface area contributed by atoms with Crippen LogP contribution in [0.4, 0.5) is 0 Å². The minimum absolute atomic E-state index is 0.198. The summed E-state index contributed by atoms with van der Waals surface area (Å²) in [5.41, 5.74) is 1.19. The Hall–Kier alpha value is -1.26. The largest absolute Gasteiger partial charge is 0.376 e. The smallest absolute Gasteiger partial charge is 0.0717 e. The van der Waals surface area contributed by atoms with Crippen LogP contribution in [0, 0.1) is 18.3 Å². The number of ether oxygens (including phenoxy) is 1. The van der Waals surface area contributed by atoms with Crippen LogP contribution < -0.4 is 0 Å². The summed E-state index contributed by atoms with van der Waals surface area (Å²) in [6, 6.07) is 10.1. The van der Waals surface area contributed by atoms with Crippen LogP contribution in [0.15, 0.2) is 30.3 Å². The standard InChI is InChI=1S/C12H14O/c1-3-11(2)9-13-10-12-7-5-4-6-8-12/h1,4-8,11H,9-10H2,2H3/t11-/m1/s1. The number of hydrogen-bond donors (Lipinski definition) is 0. The fourth-order valence-corrected chi connectivity index (χ4v) is 0.976. The molecule has 1 rings (SSSR count). The van der Waals surface area contributed by atoms with Crippen molar-refractivity contribution >= 4 is 0 Å². The Morgan fingerprint density at radius 3 is 2.69 bits per heavy atom. The lowest BCUT2D eigenvalue weighted by Gasteiger charge is -2.05. The summed E-state index contributed by atoms with van der Waals surface area (Å²) in [5, 5.41) is 0. The molecular weight excluding hydrogens is 160 g/mol. The first-order chi connectivity index (χ1) is 6.33. The van der Waals surface area contributed by atoms with Gasteiger partial charge in [-0.05, 0) is 12.5 Å². The zero-order valence-corrected chi connectivity index (χ0v) is 7.86. The Morgan fingerprint density at radius 1 is 1.38 bits per heavy atom. The average Bonchev–Trinajstić information content (AvgIpc) is 2.19. The van der Waals surface area contributed by atoms with Gasteiger partial charge in [0.25, 0.3) is 0 Å². The molecule has 0 spiro atoms. The van der Waals surface area contributed by atoms with E-state index in [9.17, 15) is 0 Å². The predicted octanol–water partition coefficient (Wildman–Crippen LogP) is 2.47. The number of benzene rings is 1. The quantitative estimate of drug-likeness (QED) is 0.637. The highest BCUT2D eigenvalue weighted by Crippen LogP contribution is 2.02. The maximum absolute atomic E-state index is 5.43. The van der Waals surface area contributed by atoms with Crippen molar-refractivity contribution in [2.24, 2.45) is 5.92 Å². The molecule has 0 saturated carbocycles. The molecule has 1 aromatic rings. The molecule has 0 saturated heterocycles. The SMILES string of the molecule is C#C[C@@H](C)COCc1ccccc1. The average molecular weight is 174 g/mol. The maximum atomic E-state index is 5.43. The summed E-state index contributed by atoms with van der Waals surface area (Å²) >= 11 is 0. The molecule has 0 bridgehead atoms. The minimum Gasteiger partial charge on any atom is -0.376 e. The van der Waals surface area contributed by atoms with Crippen molar-refractivity contribution in [3.8, 4) is 12.3 Å². The monoisotopic (exact) mass is 174 g/mol. The molecule has 1 nitrogen and oxygen atoms in total. The fraction of sp³-hybridized carbons (Fsp3) is 0.333. The zero-order chi connectivity index (χ0) is 9.52. The first kappa shape index (κ1) is 9.83. The van der Waals surface area contributed by atoms with E-state index < -0.39 is 0 Å². The number of terminal acetylenes is 1. The van der Waals surface area contributed by atoms with E-state index in [4.69, 9.17) is 11.2 Å². The van der Waals surface area contributed by atoms with E-state index in [2.05, 4.69) is 5.92 Å². The third-order valence-electron chi connectivity index (χ3n) is 1.76. The molecule has 0 unspecified atom stereocenters. The van der Waals surface area contributed by atoms with Gasteiger partial charge in [-0.1, -0.05) is 30.3 Å². The topological polar surface area (TPSA) is 9.23 Å². The molecular formula is C12H14O. The van der Waals surface area contributed by atoms with Gasteiger partial charge in [0.1, 0.15) is 0 Å². The van der Waals surface area contributed by atoms with Gasteiger partial charge in [0, 0.05) is 5.92 Å². The summed E-state index contributed by atoms with van der Waals surface area (Å²) in [7, 11) is 0. The van der Waals surface area contributed by atoms with Crippen LogP contribution in [0.3, 0.4) is 0 Å². The Kier molecular flexibility index (Phi) is 4.08. The Balaban J connectivity index is 2.25. The highest BCUT2D eigenvalue weighted by Gasteiger charge is 1.96. The van der Waals surface area contributed by atoms with Gasteiger partial charge in [-0.25, -0.2) is 0 Å². The van der Waals surface area contributed by atoms with Gasteiger partial charge >= 0.3 is 0 Å². The van der Waals surface area contributed by atoms with E-state index in [0.717, 1.165) is 0 Å². The second-order valence-corrected chi connectivity index (χ2v) is 3.07. The van der Waals surface area contributed by atoms with Crippen molar-refractivity contribution in [1.82, 2.24) is 0 Å². The summed E-state index contributed by atoms with van der Waals surface area (Å²) in [4.78, 5) is 0. The van der Waals surface area contributed by atoms with Crippen molar-refractivity contribution in [3.05, 3.63) is 35.9 Å². The Bertz CT molecular complexity index is 271. The van der Waals surface area contributed by atoms with Crippen LogP contribution in [0.5, 0.6) is 0 Å². The van der Waals surface area contributed by atoms with Crippen molar-refractivity contribution in [3.63, 3.8) is 0 Å². The molecule has 1 heteroatoms. The molecule has 0 aliphatic heterocycles. The lowest BCUT2D eigenvalue weighted by Crippen LogP contribution is -2.03. The van der Waals surface area contributed by atoms with Crippen LogP contribution in [0.1, 0.15) is 12.5 Å². The van der Waals surface area contributed by atoms with Gasteiger partial charge in [-0.15, -0.1) is 12.3 Å². The molecule has 0 fully saturated rings. The van der Waals surface area contributed by atoms with Crippen molar-refractivity contribution in [2.75, 3.05) is 6.61 Å². The van der Waals surface area contributed by atoms with Crippen molar-refractivity contribution < 1.29 is 4.74 Å². The van der Waals surface area contributed by atoms with E-state index in [1.165, 1.54) is 5.56 Å². The third kappa shape index (κ3) is 3.78. The molecule has 0 radical (unpaired) electrons. The highest BCUT2D eigenvalue weighted by atomic mass is 16.5. The van der Waals surface area contributed by atoms with Crippen molar-refractivity contribution in [2.45, 2.75) is 13.5 Å². The van der Waals surface area contributed by atoms with Crippen LogP contribution in [0.25, 0.3) is 0 Å². The first-order valence-electron chi connectivity index (χ1n) is 4.40. The lowest BCUT2D eigenvalue weighted by molar-refractivity contribution is 0.106. The van der Waals surface area contributed by atoms with Crippen LogP contribution >= 0.6 is 0 Å². The van der Waals surface area contributed by atoms with Gasteiger partial charge in [0.2, 0.25) is 0 Å². The second-order valence-electron chi connectivity index (χ2n) is 3.07. The normalized spacial score (nSPS) is 12.0. The first-order valence-corrected chi connectivity index (χ1v) is 4.40. The van der Waals surface area contributed by atoms with Crippen LogP contribution in [-0.2, 0) is 11.3 Å². The van der Waals surface area contributed by atoms with Gasteiger partial charge in [0.15, 0.2) is 0 Å². The highest BCUT2D eigenvalue weighted by molar-refractivity contribution is 5.13. The van der Waals surface area contributed by atoms with Gasteiger partial charge in [-0.2, -0.15) is 0 Å². The lowest BCUT2D eigenvalue weighted by atomic mass is 10.2. The summed E-state index contributed by atoms with van der Waals surface area (Å²) < 4.78 is 5.43. The van der Waals surface area contributed by atoms with Gasteiger partial charge < -0.3 is 4.74 Å². The summed E-state index contributed by atoms with van der Waals surface area (Å²) in [6.45, 7) is 3.25. The molecule has 1 aromatic carbocycles. The second kappa shape index (κ2) is 5.40. The van der Waals surface area contributed by atoms with Gasteiger partial charge in [0.05, 0.1) is 13.2 Å². The number of rotatable bonds is 4. The minimum atomic E-state index is 0.198. The molecule has 0 aromatic heterocycles. The van der Waals surface area contributed by atoms with Crippen molar-refractivity contribution in [1.29, 1.82) is 0 Å². The summed E-state index contributed by atoms with van der Waals surface area (Å²) in [5.74, 6) is 2.82. The molecule has 68 valence electrons. The molecule has 0 amide bonds. The molecule has 0 heterocycles. The van der Waals surface area contributed by atoms with Crippen LogP contribution in [0.2, 0.25) is 0 Å². The van der Waals surface area contributed by atoms with E-state index in [1.54, 1.807) is 0 Å². The van der Waals surface area contributed by atoms with E-state index >= 15 is 0 Å². The Labute approximate surface area is 79.7 Å². The molecule has 0 aliphatic rings. The predicted molar refractivity (Wildman–Crippen MR) is 54.1 cm³/mol. The fourth-order valence-electron chi connectivity index (χ4n) is 0.976.